The first-order valence-corrected chi connectivity index (χ1v) is 8.94. The highest BCUT2D eigenvalue weighted by Crippen LogP contribution is 2.31. The van der Waals surface area contributed by atoms with Crippen molar-refractivity contribution in [1.29, 1.82) is 0 Å². The number of furan rings is 1. The lowest BCUT2D eigenvalue weighted by Crippen LogP contribution is -2.33. The molecule has 7 nitrogen and oxygen atoms in total. The lowest BCUT2D eigenvalue weighted by Gasteiger charge is -2.25. The summed E-state index contributed by atoms with van der Waals surface area (Å²) in [4.78, 5) is 26.2. The van der Waals surface area contributed by atoms with E-state index in [2.05, 4.69) is 5.10 Å². The van der Waals surface area contributed by atoms with Crippen molar-refractivity contribution in [2.24, 2.45) is 0 Å². The molecule has 1 aliphatic rings. The summed E-state index contributed by atoms with van der Waals surface area (Å²) in [5.41, 5.74) is 4.78. The van der Waals surface area contributed by atoms with Gasteiger partial charge in [-0.15, -0.1) is 0 Å². The maximum Gasteiger partial charge on any atom is 0.339 e. The van der Waals surface area contributed by atoms with Gasteiger partial charge >= 0.3 is 5.97 Å². The Morgan fingerprint density at radius 3 is 2.93 bits per heavy atom. The van der Waals surface area contributed by atoms with Crippen molar-refractivity contribution in [3.05, 3.63) is 70.2 Å². The predicted octanol–water partition coefficient (Wildman–Crippen LogP) is 3.55. The van der Waals surface area contributed by atoms with Crippen LogP contribution in [-0.2, 0) is 13.1 Å². The molecule has 7 heteroatoms. The van der Waals surface area contributed by atoms with Crippen LogP contribution in [0.1, 0.15) is 43.2 Å². The number of hydrogen-bond donors (Lipinski definition) is 1. The van der Waals surface area contributed by atoms with Crippen LogP contribution in [0.25, 0.3) is 16.5 Å². The first-order valence-electron chi connectivity index (χ1n) is 8.94. The first kappa shape index (κ1) is 16.6. The van der Waals surface area contributed by atoms with E-state index in [1.54, 1.807) is 21.7 Å². The van der Waals surface area contributed by atoms with Gasteiger partial charge in [0.2, 0.25) is 0 Å². The molecule has 4 heterocycles. The van der Waals surface area contributed by atoms with E-state index in [0.29, 0.717) is 23.5 Å². The Kier molecular flexibility index (Phi) is 3.37. The summed E-state index contributed by atoms with van der Waals surface area (Å²) in [6.07, 6.45) is 3.41. The van der Waals surface area contributed by atoms with Gasteiger partial charge in [-0.3, -0.25) is 4.79 Å². The minimum atomic E-state index is -1.03. The number of aromatic nitrogens is 2. The minimum absolute atomic E-state index is 0.111. The number of benzene rings is 1. The van der Waals surface area contributed by atoms with Crippen LogP contribution < -0.4 is 0 Å². The van der Waals surface area contributed by atoms with Gasteiger partial charge < -0.3 is 14.4 Å². The van der Waals surface area contributed by atoms with E-state index < -0.39 is 5.97 Å². The molecule has 0 fully saturated rings. The number of nitrogens with zero attached hydrogens (tertiary/aromatic N) is 3. The molecule has 0 spiro atoms. The molecule has 4 aromatic rings. The predicted molar refractivity (Wildman–Crippen MR) is 101 cm³/mol. The van der Waals surface area contributed by atoms with E-state index in [0.717, 1.165) is 27.6 Å². The molecule has 0 aliphatic carbocycles. The molecular formula is C21H17N3O4. The van der Waals surface area contributed by atoms with Crippen molar-refractivity contribution in [2.45, 2.75) is 26.9 Å². The van der Waals surface area contributed by atoms with Gasteiger partial charge in [-0.25, -0.2) is 9.31 Å². The maximum absolute atomic E-state index is 12.9. The molecule has 0 atom stereocenters. The van der Waals surface area contributed by atoms with E-state index in [-0.39, 0.29) is 18.0 Å². The summed E-state index contributed by atoms with van der Waals surface area (Å²) in [5, 5.41) is 14.5. The number of carbonyl (C=O) groups is 2. The quantitative estimate of drug-likeness (QED) is 0.592. The Morgan fingerprint density at radius 1 is 1.32 bits per heavy atom. The highest BCUT2D eigenvalue weighted by Gasteiger charge is 2.28. The summed E-state index contributed by atoms with van der Waals surface area (Å²) in [6, 6.07) is 7.35. The van der Waals surface area contributed by atoms with Crippen molar-refractivity contribution in [1.82, 2.24) is 14.5 Å². The average Bonchev–Trinajstić information content (AvgIpc) is 3.28. The zero-order chi connectivity index (χ0) is 19.6. The Labute approximate surface area is 159 Å². The highest BCUT2D eigenvalue weighted by atomic mass is 16.4. The molecular weight excluding hydrogens is 358 g/mol. The van der Waals surface area contributed by atoms with E-state index in [4.69, 9.17) is 4.42 Å². The van der Waals surface area contributed by atoms with Gasteiger partial charge in [0, 0.05) is 18.1 Å². The fourth-order valence-electron chi connectivity index (χ4n) is 3.92. The van der Waals surface area contributed by atoms with Gasteiger partial charge in [-0.1, -0.05) is 6.07 Å². The summed E-state index contributed by atoms with van der Waals surface area (Å²) in [5.74, 6) is -0.581. The van der Waals surface area contributed by atoms with Gasteiger partial charge in [0.15, 0.2) is 0 Å². The smallest absolute Gasteiger partial charge is 0.339 e. The third-order valence-electron chi connectivity index (χ3n) is 5.46. The zero-order valence-corrected chi connectivity index (χ0v) is 15.4. The summed E-state index contributed by atoms with van der Waals surface area (Å²) in [7, 11) is 0. The highest BCUT2D eigenvalue weighted by molar-refractivity contribution is 6.04. The van der Waals surface area contributed by atoms with E-state index >= 15 is 0 Å². The molecule has 0 bridgehead atoms. The van der Waals surface area contributed by atoms with Gasteiger partial charge in [0.1, 0.15) is 16.9 Å². The number of rotatable bonds is 3. The molecule has 140 valence electrons. The molecule has 0 unspecified atom stereocenters. The van der Waals surface area contributed by atoms with E-state index in [1.165, 1.54) is 0 Å². The summed E-state index contributed by atoms with van der Waals surface area (Å²) < 4.78 is 7.61. The van der Waals surface area contributed by atoms with Crippen molar-refractivity contribution in [3.8, 4) is 0 Å². The number of aryl methyl sites for hydroxylation is 2. The van der Waals surface area contributed by atoms with Crippen LogP contribution in [0.2, 0.25) is 0 Å². The van der Waals surface area contributed by atoms with Crippen molar-refractivity contribution in [2.75, 3.05) is 0 Å². The largest absolute Gasteiger partial charge is 0.478 e. The third-order valence-corrected chi connectivity index (χ3v) is 5.46. The molecule has 5 rings (SSSR count). The number of hydrogen-bond acceptors (Lipinski definition) is 4. The fourth-order valence-corrected chi connectivity index (χ4v) is 3.92. The van der Waals surface area contributed by atoms with Gasteiger partial charge in [-0.2, -0.15) is 5.10 Å². The van der Waals surface area contributed by atoms with Crippen LogP contribution in [-0.4, -0.2) is 31.5 Å². The lowest BCUT2D eigenvalue weighted by atomic mass is 10.0. The Morgan fingerprint density at radius 2 is 2.14 bits per heavy atom. The van der Waals surface area contributed by atoms with Crippen molar-refractivity contribution >= 4 is 28.4 Å². The Balaban J connectivity index is 1.56. The molecule has 1 amide bonds. The minimum Gasteiger partial charge on any atom is -0.478 e. The van der Waals surface area contributed by atoms with E-state index in [9.17, 15) is 14.7 Å². The van der Waals surface area contributed by atoms with Crippen molar-refractivity contribution in [3.63, 3.8) is 0 Å². The number of aromatic carboxylic acids is 1. The standard InChI is InChI=1S/C21H17N3O4/c1-11-6-16(21(26)27)19-15(12(11)2)7-14(28-19)10-23-9-13-4-3-5-24-18(13)17(8-22-24)20(23)25/h3-8H,9-10H2,1-2H3,(H,26,27). The van der Waals surface area contributed by atoms with Crippen LogP contribution >= 0.6 is 0 Å². The van der Waals surface area contributed by atoms with Crippen LogP contribution in [0.4, 0.5) is 0 Å². The SMILES string of the molecule is Cc1cc(C(=O)O)c2oc(CN3Cc4cccn5ncc(c45)C3=O)cc2c1C. The maximum atomic E-state index is 12.9. The molecule has 1 aromatic carbocycles. The van der Waals surface area contributed by atoms with Gasteiger partial charge in [-0.05, 0) is 48.7 Å². The number of carbonyl (C=O) groups excluding carboxylic acids is 1. The molecule has 1 N–H and O–H groups in total. The van der Waals surface area contributed by atoms with Crippen LogP contribution in [0.3, 0.4) is 0 Å². The third kappa shape index (κ3) is 2.26. The molecule has 1 aliphatic heterocycles. The van der Waals surface area contributed by atoms with Gasteiger partial charge in [0.05, 0.1) is 23.8 Å². The molecule has 0 saturated heterocycles. The number of pyridine rings is 1. The Bertz CT molecular complexity index is 1300. The molecule has 3 aromatic heterocycles. The second kappa shape index (κ2) is 5.69. The Hall–Kier alpha value is -3.61. The topological polar surface area (TPSA) is 88.1 Å². The zero-order valence-electron chi connectivity index (χ0n) is 15.4. The lowest BCUT2D eigenvalue weighted by molar-refractivity contribution is 0.0690. The normalized spacial score (nSPS) is 13.6. The average molecular weight is 375 g/mol. The van der Waals surface area contributed by atoms with Crippen LogP contribution in [0.15, 0.2) is 41.1 Å². The molecule has 0 saturated carbocycles. The van der Waals surface area contributed by atoms with E-state index in [1.807, 2.05) is 38.2 Å². The monoisotopic (exact) mass is 375 g/mol. The first-order chi connectivity index (χ1) is 13.4. The van der Waals surface area contributed by atoms with Crippen LogP contribution in [0, 0.1) is 13.8 Å². The number of carboxylic acids is 1. The second-order valence-corrected chi connectivity index (χ2v) is 7.17. The molecule has 28 heavy (non-hydrogen) atoms. The number of fused-ring (bicyclic) bond motifs is 1. The number of carboxylic acid groups (broad SMARTS) is 1. The molecule has 0 radical (unpaired) electrons. The summed E-state index contributed by atoms with van der Waals surface area (Å²) >= 11 is 0. The van der Waals surface area contributed by atoms with Crippen molar-refractivity contribution < 1.29 is 19.1 Å². The fraction of sp³-hybridized carbons (Fsp3) is 0.190. The summed E-state index contributed by atoms with van der Waals surface area (Å²) in [6.45, 7) is 4.53. The number of amides is 1. The van der Waals surface area contributed by atoms with Gasteiger partial charge in [0.25, 0.3) is 5.91 Å². The van der Waals surface area contributed by atoms with Crippen LogP contribution in [0.5, 0.6) is 0 Å². The second-order valence-electron chi connectivity index (χ2n) is 7.17.